The number of para-hydroxylation sites is 1. The van der Waals surface area contributed by atoms with E-state index in [1.807, 2.05) is 4.90 Å². The second kappa shape index (κ2) is 2.91. The Balaban J connectivity index is 2.29. The maximum Gasteiger partial charge on any atom is 0.148 e. The van der Waals surface area contributed by atoms with E-state index >= 15 is 0 Å². The number of hydrogen-bond donors (Lipinski definition) is 1. The molecule has 1 aliphatic heterocycles. The van der Waals surface area contributed by atoms with Gasteiger partial charge < -0.3 is 10.6 Å². The lowest BCUT2D eigenvalue weighted by atomic mass is 10.0. The Morgan fingerprint density at radius 1 is 1.46 bits per heavy atom. The lowest BCUT2D eigenvalue weighted by molar-refractivity contribution is 0.440. The van der Waals surface area contributed by atoms with Gasteiger partial charge in [-0.1, -0.05) is 13.0 Å². The van der Waals surface area contributed by atoms with Gasteiger partial charge in [0.15, 0.2) is 0 Å². The third kappa shape index (κ3) is 1.34. The van der Waals surface area contributed by atoms with Crippen LogP contribution in [-0.2, 0) is 0 Å². The molecule has 2 N–H and O–H groups in total. The van der Waals surface area contributed by atoms with Crippen LogP contribution in [0.2, 0.25) is 0 Å². The van der Waals surface area contributed by atoms with E-state index in [2.05, 4.69) is 6.92 Å². The highest BCUT2D eigenvalue weighted by atomic mass is 19.1. The summed E-state index contributed by atoms with van der Waals surface area (Å²) < 4.78 is 13.3. The van der Waals surface area contributed by atoms with Gasteiger partial charge in [-0.25, -0.2) is 4.39 Å². The first-order valence-corrected chi connectivity index (χ1v) is 4.47. The zero-order valence-electron chi connectivity index (χ0n) is 7.63. The minimum atomic E-state index is -0.216. The van der Waals surface area contributed by atoms with Crippen LogP contribution in [0.1, 0.15) is 6.92 Å². The average Bonchev–Trinajstić information content (AvgIpc) is 2.00. The van der Waals surface area contributed by atoms with Crippen molar-refractivity contribution < 1.29 is 4.39 Å². The van der Waals surface area contributed by atoms with Crippen LogP contribution in [0, 0.1) is 11.7 Å². The van der Waals surface area contributed by atoms with Gasteiger partial charge in [0.25, 0.3) is 0 Å². The molecule has 0 aromatic heterocycles. The van der Waals surface area contributed by atoms with Crippen LogP contribution in [0.15, 0.2) is 18.2 Å². The summed E-state index contributed by atoms with van der Waals surface area (Å²) in [7, 11) is 0. The minimum Gasteiger partial charge on any atom is -0.397 e. The SMILES string of the molecule is CC1CN(c2c(N)cccc2F)C1. The number of nitrogen functional groups attached to an aromatic ring is 1. The van der Waals surface area contributed by atoms with Crippen LogP contribution in [0.25, 0.3) is 0 Å². The van der Waals surface area contributed by atoms with Crippen molar-refractivity contribution in [3.8, 4) is 0 Å². The summed E-state index contributed by atoms with van der Waals surface area (Å²) in [4.78, 5) is 1.98. The molecule has 1 aromatic carbocycles. The lowest BCUT2D eigenvalue weighted by Gasteiger charge is -2.39. The molecule has 1 heterocycles. The molecule has 2 rings (SSSR count). The summed E-state index contributed by atoms with van der Waals surface area (Å²) in [6, 6.07) is 4.83. The minimum absolute atomic E-state index is 0.216. The molecule has 13 heavy (non-hydrogen) atoms. The van der Waals surface area contributed by atoms with E-state index in [-0.39, 0.29) is 5.82 Å². The van der Waals surface area contributed by atoms with E-state index < -0.39 is 0 Å². The van der Waals surface area contributed by atoms with Gasteiger partial charge in [0.1, 0.15) is 5.82 Å². The molecule has 0 aliphatic carbocycles. The van der Waals surface area contributed by atoms with Crippen molar-refractivity contribution in [3.05, 3.63) is 24.0 Å². The first kappa shape index (κ1) is 8.35. The lowest BCUT2D eigenvalue weighted by Crippen LogP contribution is -2.45. The molecule has 1 saturated heterocycles. The second-order valence-corrected chi connectivity index (χ2v) is 3.69. The van der Waals surface area contributed by atoms with Gasteiger partial charge in [0.05, 0.1) is 11.4 Å². The predicted octanol–water partition coefficient (Wildman–Crippen LogP) is 1.86. The number of hydrogen-bond acceptors (Lipinski definition) is 2. The molecule has 1 aliphatic rings. The zero-order chi connectivity index (χ0) is 9.42. The highest BCUT2D eigenvalue weighted by molar-refractivity contribution is 5.69. The van der Waals surface area contributed by atoms with E-state index in [0.717, 1.165) is 13.1 Å². The van der Waals surface area contributed by atoms with Crippen LogP contribution >= 0.6 is 0 Å². The molecule has 70 valence electrons. The fraction of sp³-hybridized carbons (Fsp3) is 0.400. The summed E-state index contributed by atoms with van der Waals surface area (Å²) in [5.41, 5.74) is 6.80. The van der Waals surface area contributed by atoms with Gasteiger partial charge in [0, 0.05) is 13.1 Å². The maximum atomic E-state index is 13.3. The van der Waals surface area contributed by atoms with Crippen molar-refractivity contribution in [2.24, 2.45) is 5.92 Å². The van der Waals surface area contributed by atoms with Crippen LogP contribution in [0.5, 0.6) is 0 Å². The number of anilines is 2. The molecular formula is C10H13FN2. The largest absolute Gasteiger partial charge is 0.397 e. The van der Waals surface area contributed by atoms with Gasteiger partial charge in [-0.3, -0.25) is 0 Å². The van der Waals surface area contributed by atoms with E-state index in [0.29, 0.717) is 17.3 Å². The standard InChI is InChI=1S/C10H13FN2/c1-7-5-13(6-7)10-8(11)3-2-4-9(10)12/h2-4,7H,5-6,12H2,1H3. The highest BCUT2D eigenvalue weighted by Gasteiger charge is 2.26. The summed E-state index contributed by atoms with van der Waals surface area (Å²) >= 11 is 0. The molecule has 0 bridgehead atoms. The first-order valence-electron chi connectivity index (χ1n) is 4.47. The molecule has 0 radical (unpaired) electrons. The van der Waals surface area contributed by atoms with Crippen molar-refractivity contribution in [1.29, 1.82) is 0 Å². The Morgan fingerprint density at radius 2 is 2.15 bits per heavy atom. The van der Waals surface area contributed by atoms with Gasteiger partial charge >= 0.3 is 0 Å². The fourth-order valence-electron chi connectivity index (χ4n) is 1.75. The summed E-state index contributed by atoms with van der Waals surface area (Å²) in [6.07, 6.45) is 0. The van der Waals surface area contributed by atoms with Crippen LogP contribution in [-0.4, -0.2) is 13.1 Å². The van der Waals surface area contributed by atoms with Crippen molar-refractivity contribution >= 4 is 11.4 Å². The molecule has 2 nitrogen and oxygen atoms in total. The van der Waals surface area contributed by atoms with Crippen LogP contribution in [0.4, 0.5) is 15.8 Å². The van der Waals surface area contributed by atoms with E-state index in [9.17, 15) is 4.39 Å². The number of rotatable bonds is 1. The quantitative estimate of drug-likeness (QED) is 0.668. The molecule has 1 aromatic rings. The van der Waals surface area contributed by atoms with Gasteiger partial charge in [-0.2, -0.15) is 0 Å². The Kier molecular flexibility index (Phi) is 1.87. The molecule has 0 atom stereocenters. The van der Waals surface area contributed by atoms with Crippen LogP contribution in [0.3, 0.4) is 0 Å². The third-order valence-corrected chi connectivity index (χ3v) is 2.40. The number of halogens is 1. The van der Waals surface area contributed by atoms with Crippen molar-refractivity contribution in [1.82, 2.24) is 0 Å². The maximum absolute atomic E-state index is 13.3. The Morgan fingerprint density at radius 3 is 2.69 bits per heavy atom. The van der Waals surface area contributed by atoms with E-state index in [4.69, 9.17) is 5.73 Å². The Hall–Kier alpha value is -1.25. The Bertz CT molecular complexity index is 298. The van der Waals surface area contributed by atoms with E-state index in [1.165, 1.54) is 6.07 Å². The van der Waals surface area contributed by atoms with Gasteiger partial charge in [-0.15, -0.1) is 0 Å². The summed E-state index contributed by atoms with van der Waals surface area (Å²) in [5, 5.41) is 0. The molecule has 1 fully saturated rings. The fourth-order valence-corrected chi connectivity index (χ4v) is 1.75. The normalized spacial score (nSPS) is 17.2. The van der Waals surface area contributed by atoms with Crippen LogP contribution < -0.4 is 10.6 Å². The highest BCUT2D eigenvalue weighted by Crippen LogP contribution is 2.31. The number of benzene rings is 1. The molecule has 0 saturated carbocycles. The molecule has 0 spiro atoms. The molecule has 0 amide bonds. The predicted molar refractivity (Wildman–Crippen MR) is 52.2 cm³/mol. The summed E-state index contributed by atoms with van der Waals surface area (Å²) in [6.45, 7) is 3.96. The van der Waals surface area contributed by atoms with Gasteiger partial charge in [0.2, 0.25) is 0 Å². The molecule has 0 unspecified atom stereocenters. The smallest absolute Gasteiger partial charge is 0.148 e. The second-order valence-electron chi connectivity index (χ2n) is 3.69. The monoisotopic (exact) mass is 180 g/mol. The van der Waals surface area contributed by atoms with Gasteiger partial charge in [-0.05, 0) is 18.1 Å². The number of nitrogens with two attached hydrogens (primary N) is 1. The van der Waals surface area contributed by atoms with Crippen molar-refractivity contribution in [2.45, 2.75) is 6.92 Å². The Labute approximate surface area is 77.2 Å². The number of nitrogens with zero attached hydrogens (tertiary/aromatic N) is 1. The van der Waals surface area contributed by atoms with Crippen molar-refractivity contribution in [2.75, 3.05) is 23.7 Å². The average molecular weight is 180 g/mol. The van der Waals surface area contributed by atoms with Crippen molar-refractivity contribution in [3.63, 3.8) is 0 Å². The third-order valence-electron chi connectivity index (χ3n) is 2.40. The summed E-state index contributed by atoms with van der Waals surface area (Å²) in [5.74, 6) is 0.436. The topological polar surface area (TPSA) is 29.3 Å². The van der Waals surface area contributed by atoms with E-state index in [1.54, 1.807) is 12.1 Å². The first-order chi connectivity index (χ1) is 6.18. The zero-order valence-corrected chi connectivity index (χ0v) is 7.63. The molecular weight excluding hydrogens is 167 g/mol. The molecule has 3 heteroatoms.